The third-order valence-electron chi connectivity index (χ3n) is 2.49. The van der Waals surface area contributed by atoms with Crippen molar-refractivity contribution < 1.29 is 9.53 Å². The van der Waals surface area contributed by atoms with Gasteiger partial charge in [0.25, 0.3) is 5.91 Å². The third kappa shape index (κ3) is 1.85. The number of nitrogens with zero attached hydrogens (tertiary/aromatic N) is 1. The molecule has 1 amide bonds. The summed E-state index contributed by atoms with van der Waals surface area (Å²) >= 11 is 0. The van der Waals surface area contributed by atoms with E-state index in [1.165, 1.54) is 6.20 Å². The lowest BCUT2D eigenvalue weighted by atomic mass is 10.1. The van der Waals surface area contributed by atoms with Gasteiger partial charge in [-0.3, -0.25) is 15.2 Å². The summed E-state index contributed by atoms with van der Waals surface area (Å²) in [5.74, 6) is 5.24. The Balaban J connectivity index is 2.68. The molecule has 0 saturated heterocycles. The summed E-state index contributed by atoms with van der Waals surface area (Å²) in [5, 5.41) is 0.658. The molecular formula is C11H12N4O2. The summed E-state index contributed by atoms with van der Waals surface area (Å²) in [6, 6.07) is 5.27. The zero-order valence-corrected chi connectivity index (χ0v) is 9.23. The first-order chi connectivity index (χ1) is 8.17. The molecule has 0 unspecified atom stereocenters. The molecule has 0 aliphatic carbocycles. The zero-order valence-electron chi connectivity index (χ0n) is 9.23. The smallest absolute Gasteiger partial charge is 0.268 e. The van der Waals surface area contributed by atoms with Crippen LogP contribution in [-0.2, 0) is 0 Å². The first-order valence-corrected chi connectivity index (χ1v) is 4.90. The zero-order chi connectivity index (χ0) is 12.4. The van der Waals surface area contributed by atoms with Gasteiger partial charge in [0.1, 0.15) is 5.75 Å². The van der Waals surface area contributed by atoms with Crippen molar-refractivity contribution >= 4 is 22.5 Å². The molecule has 0 aliphatic heterocycles. The number of hydrazine groups is 1. The Bertz CT molecular complexity index is 583. The molecule has 0 fully saturated rings. The minimum Gasteiger partial charge on any atom is -0.497 e. The molecule has 0 aliphatic rings. The Kier molecular flexibility index (Phi) is 2.80. The number of hydrogen-bond acceptors (Lipinski definition) is 5. The molecule has 5 N–H and O–H groups in total. The van der Waals surface area contributed by atoms with Crippen LogP contribution in [0.25, 0.3) is 10.9 Å². The van der Waals surface area contributed by atoms with Crippen LogP contribution in [0.5, 0.6) is 5.75 Å². The second-order valence-electron chi connectivity index (χ2n) is 3.44. The Morgan fingerprint density at radius 3 is 2.88 bits per heavy atom. The van der Waals surface area contributed by atoms with E-state index in [1.54, 1.807) is 25.3 Å². The minimum atomic E-state index is -0.472. The van der Waals surface area contributed by atoms with E-state index in [0.29, 0.717) is 22.3 Å². The fraction of sp³-hybridized carbons (Fsp3) is 0.0909. The molecule has 17 heavy (non-hydrogen) atoms. The van der Waals surface area contributed by atoms with Gasteiger partial charge in [0.15, 0.2) is 0 Å². The van der Waals surface area contributed by atoms with Crippen LogP contribution in [0.15, 0.2) is 24.4 Å². The number of ether oxygens (including phenoxy) is 1. The summed E-state index contributed by atoms with van der Waals surface area (Å²) in [5.41, 5.74) is 9.20. The molecule has 0 atom stereocenters. The molecule has 6 heteroatoms. The molecule has 1 aromatic carbocycles. The van der Waals surface area contributed by atoms with Gasteiger partial charge >= 0.3 is 0 Å². The van der Waals surface area contributed by atoms with E-state index >= 15 is 0 Å². The number of aromatic nitrogens is 1. The predicted octanol–water partition coefficient (Wildman–Crippen LogP) is 0.429. The van der Waals surface area contributed by atoms with Crippen molar-refractivity contribution in [1.82, 2.24) is 10.4 Å². The van der Waals surface area contributed by atoms with Crippen LogP contribution in [0.3, 0.4) is 0 Å². The maximum atomic E-state index is 11.4. The Hall–Kier alpha value is -2.34. The fourth-order valence-electron chi connectivity index (χ4n) is 1.58. The number of anilines is 1. The van der Waals surface area contributed by atoms with Crippen LogP contribution in [-0.4, -0.2) is 18.0 Å². The molecule has 0 spiro atoms. The van der Waals surface area contributed by atoms with Gasteiger partial charge in [-0.25, -0.2) is 5.84 Å². The van der Waals surface area contributed by atoms with Crippen molar-refractivity contribution in [2.75, 3.05) is 12.8 Å². The highest BCUT2D eigenvalue weighted by Crippen LogP contribution is 2.26. The second kappa shape index (κ2) is 4.26. The number of benzene rings is 1. The first kappa shape index (κ1) is 11.2. The van der Waals surface area contributed by atoms with Crippen molar-refractivity contribution in [3.05, 3.63) is 30.0 Å². The lowest BCUT2D eigenvalue weighted by Crippen LogP contribution is -2.30. The molecule has 0 radical (unpaired) electrons. The predicted molar refractivity (Wildman–Crippen MR) is 64.4 cm³/mol. The van der Waals surface area contributed by atoms with Gasteiger partial charge in [0, 0.05) is 11.6 Å². The average Bonchev–Trinajstić information content (AvgIpc) is 2.38. The van der Waals surface area contributed by atoms with Crippen molar-refractivity contribution in [2.24, 2.45) is 5.84 Å². The molecule has 0 bridgehead atoms. The SMILES string of the molecule is COc1ccc2ncc(C(=O)NN)c(N)c2c1. The number of fused-ring (bicyclic) bond motifs is 1. The number of nitrogens with two attached hydrogens (primary N) is 2. The molecule has 2 rings (SSSR count). The van der Waals surface area contributed by atoms with E-state index in [9.17, 15) is 4.79 Å². The topological polar surface area (TPSA) is 103 Å². The number of nitrogen functional groups attached to an aromatic ring is 2. The number of nitrogens with one attached hydrogen (secondary N) is 1. The van der Waals surface area contributed by atoms with E-state index < -0.39 is 5.91 Å². The Morgan fingerprint density at radius 2 is 2.24 bits per heavy atom. The van der Waals surface area contributed by atoms with Gasteiger partial charge in [-0.2, -0.15) is 0 Å². The summed E-state index contributed by atoms with van der Waals surface area (Å²) in [6.45, 7) is 0. The first-order valence-electron chi connectivity index (χ1n) is 4.90. The number of carbonyl (C=O) groups excluding carboxylic acids is 1. The molecule has 88 valence electrons. The average molecular weight is 232 g/mol. The van der Waals surface area contributed by atoms with Crippen molar-refractivity contribution in [3.63, 3.8) is 0 Å². The number of hydrogen-bond donors (Lipinski definition) is 3. The number of methoxy groups -OCH3 is 1. The Labute approximate surface area is 97.5 Å². The fourth-order valence-corrected chi connectivity index (χ4v) is 1.58. The van der Waals surface area contributed by atoms with Crippen LogP contribution in [0, 0.1) is 0 Å². The highest BCUT2D eigenvalue weighted by Gasteiger charge is 2.12. The number of amides is 1. The van der Waals surface area contributed by atoms with Gasteiger partial charge in [-0.1, -0.05) is 0 Å². The number of pyridine rings is 1. The van der Waals surface area contributed by atoms with E-state index in [0.717, 1.165) is 0 Å². The lowest BCUT2D eigenvalue weighted by molar-refractivity contribution is 0.0954. The highest BCUT2D eigenvalue weighted by atomic mass is 16.5. The largest absolute Gasteiger partial charge is 0.497 e. The van der Waals surface area contributed by atoms with E-state index in [1.807, 2.05) is 5.43 Å². The van der Waals surface area contributed by atoms with Crippen molar-refractivity contribution in [1.29, 1.82) is 0 Å². The standard InChI is InChI=1S/C11H12N4O2/c1-17-6-2-3-9-7(4-6)10(12)8(5-14-9)11(16)15-13/h2-5H,13H2,1H3,(H2,12,14)(H,15,16). The van der Waals surface area contributed by atoms with Crippen LogP contribution in [0.4, 0.5) is 5.69 Å². The van der Waals surface area contributed by atoms with Crippen LogP contribution >= 0.6 is 0 Å². The molecule has 0 saturated carbocycles. The maximum absolute atomic E-state index is 11.4. The Morgan fingerprint density at radius 1 is 1.47 bits per heavy atom. The monoisotopic (exact) mass is 232 g/mol. The molecular weight excluding hydrogens is 220 g/mol. The quantitative estimate of drug-likeness (QED) is 0.396. The molecule has 1 aromatic heterocycles. The summed E-state index contributed by atoms with van der Waals surface area (Å²) in [4.78, 5) is 15.6. The normalized spacial score (nSPS) is 10.2. The van der Waals surface area contributed by atoms with Crippen LogP contribution in [0.1, 0.15) is 10.4 Å². The molecule has 2 aromatic rings. The highest BCUT2D eigenvalue weighted by molar-refractivity contribution is 6.06. The van der Waals surface area contributed by atoms with Gasteiger partial charge in [-0.05, 0) is 18.2 Å². The number of rotatable bonds is 2. The molecule has 6 nitrogen and oxygen atoms in total. The number of carbonyl (C=O) groups is 1. The van der Waals surface area contributed by atoms with E-state index in [-0.39, 0.29) is 5.56 Å². The van der Waals surface area contributed by atoms with Crippen molar-refractivity contribution in [2.45, 2.75) is 0 Å². The minimum absolute atomic E-state index is 0.244. The van der Waals surface area contributed by atoms with Crippen molar-refractivity contribution in [3.8, 4) is 5.75 Å². The summed E-state index contributed by atoms with van der Waals surface area (Å²) in [7, 11) is 1.56. The second-order valence-corrected chi connectivity index (χ2v) is 3.44. The van der Waals surface area contributed by atoms with Crippen LogP contribution < -0.4 is 21.7 Å². The molecule has 1 heterocycles. The summed E-state index contributed by atoms with van der Waals surface area (Å²) in [6.07, 6.45) is 1.40. The van der Waals surface area contributed by atoms with Gasteiger partial charge in [-0.15, -0.1) is 0 Å². The van der Waals surface area contributed by atoms with Gasteiger partial charge < -0.3 is 10.5 Å². The maximum Gasteiger partial charge on any atom is 0.268 e. The van der Waals surface area contributed by atoms with E-state index in [2.05, 4.69) is 4.98 Å². The third-order valence-corrected chi connectivity index (χ3v) is 2.49. The summed E-state index contributed by atoms with van der Waals surface area (Å²) < 4.78 is 5.10. The van der Waals surface area contributed by atoms with Gasteiger partial charge in [0.2, 0.25) is 0 Å². The lowest BCUT2D eigenvalue weighted by Gasteiger charge is -2.08. The van der Waals surface area contributed by atoms with Gasteiger partial charge in [0.05, 0.1) is 23.9 Å². The van der Waals surface area contributed by atoms with Crippen LogP contribution in [0.2, 0.25) is 0 Å². The van der Waals surface area contributed by atoms with E-state index in [4.69, 9.17) is 16.3 Å².